The average Bonchev–Trinajstić information content (AvgIpc) is 2.71. The second kappa shape index (κ2) is 5.10. The van der Waals surface area contributed by atoms with Crippen molar-refractivity contribution in [2.45, 2.75) is 40.2 Å². The molecular weight excluding hydrogens is 246 g/mol. The summed E-state index contributed by atoms with van der Waals surface area (Å²) in [4.78, 5) is 0. The number of hydrogen-bond donors (Lipinski definition) is 1. The standard InChI is InChI=1S/C15H22ClNO/c1-5-17-14(15(2,3)4)12-9-11(16)8-10-6-7-18-13(10)12/h8-9,14,17H,5-7H2,1-4H3. The molecule has 0 saturated carbocycles. The van der Waals surface area contributed by atoms with E-state index in [-0.39, 0.29) is 11.5 Å². The van der Waals surface area contributed by atoms with Gasteiger partial charge in [0.1, 0.15) is 5.75 Å². The second-order valence-electron chi connectivity index (χ2n) is 5.94. The van der Waals surface area contributed by atoms with Gasteiger partial charge in [0.25, 0.3) is 0 Å². The Morgan fingerprint density at radius 1 is 1.39 bits per heavy atom. The highest BCUT2D eigenvalue weighted by Gasteiger charge is 2.30. The van der Waals surface area contributed by atoms with Crippen LogP contribution in [0.4, 0.5) is 0 Å². The number of halogens is 1. The molecule has 100 valence electrons. The van der Waals surface area contributed by atoms with Gasteiger partial charge in [-0.2, -0.15) is 0 Å². The molecule has 1 aliphatic rings. The Bertz CT molecular complexity index is 437. The summed E-state index contributed by atoms with van der Waals surface area (Å²) in [6.07, 6.45) is 0.964. The van der Waals surface area contributed by atoms with E-state index in [0.29, 0.717) is 0 Å². The third-order valence-electron chi connectivity index (χ3n) is 3.36. The zero-order chi connectivity index (χ0) is 13.3. The first-order valence-electron chi connectivity index (χ1n) is 6.62. The smallest absolute Gasteiger partial charge is 0.127 e. The minimum Gasteiger partial charge on any atom is -0.493 e. The van der Waals surface area contributed by atoms with E-state index in [0.717, 1.165) is 30.3 Å². The summed E-state index contributed by atoms with van der Waals surface area (Å²) in [5, 5.41) is 4.36. The Balaban J connectivity index is 2.48. The lowest BCUT2D eigenvalue weighted by atomic mass is 9.81. The lowest BCUT2D eigenvalue weighted by Gasteiger charge is -2.33. The fraction of sp³-hybridized carbons (Fsp3) is 0.600. The van der Waals surface area contributed by atoms with Gasteiger partial charge < -0.3 is 10.1 Å². The van der Waals surface area contributed by atoms with Crippen LogP contribution in [0.2, 0.25) is 5.02 Å². The van der Waals surface area contributed by atoms with Gasteiger partial charge in [0.2, 0.25) is 0 Å². The van der Waals surface area contributed by atoms with Gasteiger partial charge >= 0.3 is 0 Å². The van der Waals surface area contributed by atoms with Crippen LogP contribution in [0, 0.1) is 5.41 Å². The minimum atomic E-state index is 0.125. The van der Waals surface area contributed by atoms with Crippen molar-refractivity contribution in [3.8, 4) is 5.75 Å². The largest absolute Gasteiger partial charge is 0.493 e. The molecule has 1 aromatic carbocycles. The maximum Gasteiger partial charge on any atom is 0.127 e. The lowest BCUT2D eigenvalue weighted by molar-refractivity contribution is 0.265. The van der Waals surface area contributed by atoms with Crippen LogP contribution >= 0.6 is 11.6 Å². The van der Waals surface area contributed by atoms with Crippen LogP contribution in [0.1, 0.15) is 44.9 Å². The maximum atomic E-state index is 6.24. The number of benzene rings is 1. The first-order chi connectivity index (χ1) is 8.43. The Labute approximate surface area is 115 Å². The Kier molecular flexibility index (Phi) is 3.88. The number of fused-ring (bicyclic) bond motifs is 1. The second-order valence-corrected chi connectivity index (χ2v) is 6.37. The molecular formula is C15H22ClNO. The molecule has 18 heavy (non-hydrogen) atoms. The molecule has 0 amide bonds. The lowest BCUT2D eigenvalue weighted by Crippen LogP contribution is -2.32. The number of hydrogen-bond acceptors (Lipinski definition) is 2. The fourth-order valence-electron chi connectivity index (χ4n) is 2.60. The molecule has 2 rings (SSSR count). The van der Waals surface area contributed by atoms with E-state index < -0.39 is 0 Å². The molecule has 0 saturated heterocycles. The van der Waals surface area contributed by atoms with E-state index >= 15 is 0 Å². The van der Waals surface area contributed by atoms with E-state index in [9.17, 15) is 0 Å². The highest BCUT2D eigenvalue weighted by Crippen LogP contribution is 2.42. The van der Waals surface area contributed by atoms with Crippen molar-refractivity contribution in [2.75, 3.05) is 13.2 Å². The molecule has 1 aliphatic heterocycles. The van der Waals surface area contributed by atoms with Crippen LogP contribution in [0.15, 0.2) is 12.1 Å². The molecule has 0 aromatic heterocycles. The van der Waals surface area contributed by atoms with Crippen LogP contribution in [0.5, 0.6) is 5.75 Å². The van der Waals surface area contributed by atoms with Gasteiger partial charge in [0, 0.05) is 23.0 Å². The zero-order valence-corrected chi connectivity index (χ0v) is 12.4. The minimum absolute atomic E-state index is 0.125. The molecule has 2 nitrogen and oxygen atoms in total. The molecule has 3 heteroatoms. The van der Waals surface area contributed by atoms with Crippen LogP contribution < -0.4 is 10.1 Å². The predicted octanol–water partition coefficient (Wildman–Crippen LogP) is 3.97. The third kappa shape index (κ3) is 2.65. The van der Waals surface area contributed by atoms with Crippen molar-refractivity contribution in [2.24, 2.45) is 5.41 Å². The molecule has 0 spiro atoms. The van der Waals surface area contributed by atoms with E-state index in [1.54, 1.807) is 0 Å². The molecule has 1 aromatic rings. The van der Waals surface area contributed by atoms with Gasteiger partial charge in [-0.15, -0.1) is 0 Å². The summed E-state index contributed by atoms with van der Waals surface area (Å²) in [5.74, 6) is 1.04. The highest BCUT2D eigenvalue weighted by atomic mass is 35.5. The van der Waals surface area contributed by atoms with Gasteiger partial charge in [0.15, 0.2) is 0 Å². The topological polar surface area (TPSA) is 21.3 Å². The highest BCUT2D eigenvalue weighted by molar-refractivity contribution is 6.30. The molecule has 0 fully saturated rings. The normalized spacial score (nSPS) is 16.3. The van der Waals surface area contributed by atoms with E-state index in [1.807, 2.05) is 12.1 Å². The third-order valence-corrected chi connectivity index (χ3v) is 3.58. The van der Waals surface area contributed by atoms with Crippen molar-refractivity contribution in [1.29, 1.82) is 0 Å². The van der Waals surface area contributed by atoms with Gasteiger partial charge in [-0.05, 0) is 29.7 Å². The van der Waals surface area contributed by atoms with Crippen molar-refractivity contribution in [3.63, 3.8) is 0 Å². The monoisotopic (exact) mass is 267 g/mol. The maximum absolute atomic E-state index is 6.24. The van der Waals surface area contributed by atoms with Gasteiger partial charge in [0.05, 0.1) is 6.61 Å². The summed E-state index contributed by atoms with van der Waals surface area (Å²) < 4.78 is 5.81. The van der Waals surface area contributed by atoms with Gasteiger partial charge in [-0.3, -0.25) is 0 Å². The van der Waals surface area contributed by atoms with Crippen molar-refractivity contribution >= 4 is 11.6 Å². The van der Waals surface area contributed by atoms with E-state index in [4.69, 9.17) is 16.3 Å². The first-order valence-corrected chi connectivity index (χ1v) is 6.99. The van der Waals surface area contributed by atoms with Crippen LogP contribution in [-0.2, 0) is 6.42 Å². The fourth-order valence-corrected chi connectivity index (χ4v) is 2.85. The molecule has 1 unspecified atom stereocenters. The quantitative estimate of drug-likeness (QED) is 0.895. The van der Waals surface area contributed by atoms with Crippen LogP contribution in [0.3, 0.4) is 0 Å². The summed E-state index contributed by atoms with van der Waals surface area (Å²) in [6.45, 7) is 10.5. The average molecular weight is 268 g/mol. The Morgan fingerprint density at radius 3 is 2.72 bits per heavy atom. The van der Waals surface area contributed by atoms with E-state index in [2.05, 4.69) is 33.0 Å². The van der Waals surface area contributed by atoms with Crippen molar-refractivity contribution < 1.29 is 4.74 Å². The van der Waals surface area contributed by atoms with E-state index in [1.165, 1.54) is 11.1 Å². The van der Waals surface area contributed by atoms with Crippen LogP contribution in [0.25, 0.3) is 0 Å². The van der Waals surface area contributed by atoms with Crippen LogP contribution in [-0.4, -0.2) is 13.2 Å². The molecule has 0 bridgehead atoms. The first kappa shape index (κ1) is 13.7. The zero-order valence-electron chi connectivity index (χ0n) is 11.6. The Morgan fingerprint density at radius 2 is 2.11 bits per heavy atom. The molecule has 0 radical (unpaired) electrons. The SMILES string of the molecule is CCNC(c1cc(Cl)cc2c1OCC2)C(C)(C)C. The molecule has 1 N–H and O–H groups in total. The molecule has 1 heterocycles. The summed E-state index contributed by atoms with van der Waals surface area (Å²) in [5.41, 5.74) is 2.56. The number of rotatable bonds is 3. The Hall–Kier alpha value is -0.730. The van der Waals surface area contributed by atoms with Gasteiger partial charge in [-0.25, -0.2) is 0 Å². The van der Waals surface area contributed by atoms with Gasteiger partial charge in [-0.1, -0.05) is 39.3 Å². The summed E-state index contributed by atoms with van der Waals surface area (Å²) >= 11 is 6.24. The van der Waals surface area contributed by atoms with Crippen molar-refractivity contribution in [3.05, 3.63) is 28.3 Å². The predicted molar refractivity (Wildman–Crippen MR) is 76.5 cm³/mol. The summed E-state index contributed by atoms with van der Waals surface area (Å²) in [7, 11) is 0. The molecule has 1 atom stereocenters. The number of ether oxygens (including phenoxy) is 1. The summed E-state index contributed by atoms with van der Waals surface area (Å²) in [6, 6.07) is 4.33. The number of nitrogens with one attached hydrogen (secondary N) is 1. The molecule has 0 aliphatic carbocycles. The van der Waals surface area contributed by atoms with Crippen molar-refractivity contribution in [1.82, 2.24) is 5.32 Å².